The molecular formula is C38H50O4. The Balaban J connectivity index is 0.000000312. The van der Waals surface area contributed by atoms with Crippen LogP contribution in [-0.4, -0.2) is 17.5 Å². The van der Waals surface area contributed by atoms with Gasteiger partial charge < -0.3 is 9.47 Å². The first-order valence-corrected chi connectivity index (χ1v) is 15.7. The highest BCUT2D eigenvalue weighted by Crippen LogP contribution is 2.43. The van der Waals surface area contributed by atoms with Crippen molar-refractivity contribution in [3.8, 4) is 0 Å². The van der Waals surface area contributed by atoms with E-state index in [0.717, 1.165) is 55.2 Å². The molecule has 0 saturated heterocycles. The summed E-state index contributed by atoms with van der Waals surface area (Å²) in [6.07, 6.45) is 18.6. The normalized spacial score (nSPS) is 17.2. The number of hydrogen-bond donors (Lipinski definition) is 0. The molecule has 0 aromatic heterocycles. The number of allylic oxidation sites excluding steroid dienone is 3. The lowest BCUT2D eigenvalue weighted by atomic mass is 9.78. The molecule has 0 aliphatic heterocycles. The molecule has 4 heteroatoms. The third-order valence-corrected chi connectivity index (χ3v) is 7.95. The molecule has 0 heterocycles. The second kappa shape index (κ2) is 16.3. The van der Waals surface area contributed by atoms with Crippen LogP contribution in [0, 0.1) is 11.8 Å². The summed E-state index contributed by atoms with van der Waals surface area (Å²) in [7, 11) is 0. The lowest BCUT2D eigenvalue weighted by molar-refractivity contribution is -0.161. The zero-order valence-corrected chi connectivity index (χ0v) is 26.1. The largest absolute Gasteiger partial charge is 0.460 e. The van der Waals surface area contributed by atoms with Gasteiger partial charge in [-0.3, -0.25) is 9.59 Å². The minimum atomic E-state index is -1.02. The Hall–Kier alpha value is -3.40. The van der Waals surface area contributed by atoms with Crippen LogP contribution >= 0.6 is 0 Å². The molecule has 0 atom stereocenters. The van der Waals surface area contributed by atoms with Crippen molar-refractivity contribution >= 4 is 11.9 Å². The van der Waals surface area contributed by atoms with E-state index < -0.39 is 5.60 Å². The fourth-order valence-corrected chi connectivity index (χ4v) is 5.92. The number of esters is 2. The van der Waals surface area contributed by atoms with E-state index in [-0.39, 0.29) is 29.4 Å². The minimum absolute atomic E-state index is 0.00667. The fourth-order valence-electron chi connectivity index (χ4n) is 5.92. The van der Waals surface area contributed by atoms with Gasteiger partial charge in [-0.1, -0.05) is 130 Å². The van der Waals surface area contributed by atoms with Gasteiger partial charge in [-0.25, -0.2) is 0 Å². The second-order valence-corrected chi connectivity index (χ2v) is 12.4. The Morgan fingerprint density at radius 3 is 1.52 bits per heavy atom. The van der Waals surface area contributed by atoms with E-state index in [9.17, 15) is 9.59 Å². The molecule has 2 saturated carbocycles. The molecular weight excluding hydrogens is 520 g/mol. The van der Waals surface area contributed by atoms with E-state index in [0.29, 0.717) is 0 Å². The van der Waals surface area contributed by atoms with Gasteiger partial charge in [0.2, 0.25) is 0 Å². The van der Waals surface area contributed by atoms with E-state index in [1.54, 1.807) is 6.08 Å². The summed E-state index contributed by atoms with van der Waals surface area (Å²) in [5.74, 6) is 0.0307. The minimum Gasteiger partial charge on any atom is -0.460 e. The van der Waals surface area contributed by atoms with Gasteiger partial charge in [0.05, 0.1) is 11.8 Å². The van der Waals surface area contributed by atoms with Gasteiger partial charge in [-0.15, -0.1) is 0 Å². The summed E-state index contributed by atoms with van der Waals surface area (Å²) in [6.45, 7) is 11.6. The standard InChI is InChI=1S/C27H30O2.C11H20O2/c1-3-14-23(15-4-2)27(24-18-10-6-11-19-24,25-20-12-7-13-21-25)29-26(28)22-16-8-5-9-17-22;1-11(2,3)13-10(12)9-7-5-4-6-8-9/h3-4,6-7,10-15,18-22H,1,5,8-9,16-17H2,2H3;9H,4-8H2,1-3H3/b15-4-,23-14+;. The van der Waals surface area contributed by atoms with Crippen molar-refractivity contribution < 1.29 is 19.1 Å². The first-order valence-electron chi connectivity index (χ1n) is 15.7. The van der Waals surface area contributed by atoms with Crippen molar-refractivity contribution in [1.29, 1.82) is 0 Å². The molecule has 42 heavy (non-hydrogen) atoms. The van der Waals surface area contributed by atoms with Crippen LogP contribution < -0.4 is 0 Å². The van der Waals surface area contributed by atoms with E-state index in [4.69, 9.17) is 9.47 Å². The van der Waals surface area contributed by atoms with Crippen LogP contribution in [0.15, 0.2) is 97.1 Å². The van der Waals surface area contributed by atoms with Crippen LogP contribution in [0.2, 0.25) is 0 Å². The van der Waals surface area contributed by atoms with Crippen molar-refractivity contribution in [1.82, 2.24) is 0 Å². The molecule has 4 rings (SSSR count). The van der Waals surface area contributed by atoms with Crippen LogP contribution in [0.3, 0.4) is 0 Å². The second-order valence-electron chi connectivity index (χ2n) is 12.4. The zero-order valence-electron chi connectivity index (χ0n) is 26.1. The Kier molecular flexibility index (Phi) is 12.8. The molecule has 2 fully saturated rings. The molecule has 0 N–H and O–H groups in total. The first kappa shape index (κ1) is 33.1. The first-order chi connectivity index (χ1) is 20.2. The van der Waals surface area contributed by atoms with Gasteiger partial charge in [-0.2, -0.15) is 0 Å². The average molecular weight is 571 g/mol. The predicted molar refractivity (Wildman–Crippen MR) is 172 cm³/mol. The summed E-state index contributed by atoms with van der Waals surface area (Å²) in [4.78, 5) is 25.0. The Morgan fingerprint density at radius 2 is 1.14 bits per heavy atom. The highest BCUT2D eigenvalue weighted by molar-refractivity contribution is 5.75. The quantitative estimate of drug-likeness (QED) is 0.234. The monoisotopic (exact) mass is 570 g/mol. The maximum absolute atomic E-state index is 13.4. The molecule has 2 aromatic carbocycles. The summed E-state index contributed by atoms with van der Waals surface area (Å²) in [5, 5.41) is 0. The number of hydrogen-bond acceptors (Lipinski definition) is 4. The van der Waals surface area contributed by atoms with Crippen molar-refractivity contribution in [2.45, 2.75) is 103 Å². The number of carbonyl (C=O) groups excluding carboxylic acids is 2. The Morgan fingerprint density at radius 1 is 0.714 bits per heavy atom. The van der Waals surface area contributed by atoms with Crippen molar-refractivity contribution in [2.75, 3.05) is 0 Å². The topological polar surface area (TPSA) is 52.6 Å². The molecule has 0 spiro atoms. The van der Waals surface area contributed by atoms with Crippen molar-refractivity contribution in [3.63, 3.8) is 0 Å². The molecule has 4 nitrogen and oxygen atoms in total. The predicted octanol–water partition coefficient (Wildman–Crippen LogP) is 9.65. The fraction of sp³-hybridized carbons (Fsp3) is 0.474. The van der Waals surface area contributed by atoms with Gasteiger partial charge in [0.25, 0.3) is 0 Å². The highest BCUT2D eigenvalue weighted by Gasteiger charge is 2.42. The van der Waals surface area contributed by atoms with Crippen LogP contribution in [0.5, 0.6) is 0 Å². The van der Waals surface area contributed by atoms with Gasteiger partial charge in [-0.05, 0) is 53.4 Å². The Bertz CT molecular complexity index is 1140. The van der Waals surface area contributed by atoms with Gasteiger partial charge in [0.1, 0.15) is 5.60 Å². The van der Waals surface area contributed by atoms with E-state index >= 15 is 0 Å². The van der Waals surface area contributed by atoms with E-state index in [1.165, 1.54) is 25.7 Å². The molecule has 2 aromatic rings. The van der Waals surface area contributed by atoms with Crippen LogP contribution in [0.25, 0.3) is 0 Å². The maximum atomic E-state index is 13.4. The zero-order chi connectivity index (χ0) is 30.4. The maximum Gasteiger partial charge on any atom is 0.310 e. The molecule has 0 unspecified atom stereocenters. The smallest absolute Gasteiger partial charge is 0.310 e. The molecule has 0 radical (unpaired) electrons. The van der Waals surface area contributed by atoms with Gasteiger partial charge in [0, 0.05) is 16.7 Å². The summed E-state index contributed by atoms with van der Waals surface area (Å²) >= 11 is 0. The van der Waals surface area contributed by atoms with Gasteiger partial charge >= 0.3 is 11.9 Å². The summed E-state index contributed by atoms with van der Waals surface area (Å²) in [5.41, 5.74) is 1.41. The molecule has 0 amide bonds. The lowest BCUT2D eigenvalue weighted by Crippen LogP contribution is -2.38. The summed E-state index contributed by atoms with van der Waals surface area (Å²) in [6, 6.07) is 20.0. The summed E-state index contributed by atoms with van der Waals surface area (Å²) < 4.78 is 11.8. The van der Waals surface area contributed by atoms with E-state index in [2.05, 4.69) is 6.58 Å². The average Bonchev–Trinajstić information content (AvgIpc) is 3.01. The van der Waals surface area contributed by atoms with Crippen molar-refractivity contribution in [2.24, 2.45) is 11.8 Å². The third-order valence-electron chi connectivity index (χ3n) is 7.95. The van der Waals surface area contributed by atoms with Crippen LogP contribution in [0.1, 0.15) is 103 Å². The van der Waals surface area contributed by atoms with Crippen LogP contribution in [0.4, 0.5) is 0 Å². The van der Waals surface area contributed by atoms with Crippen molar-refractivity contribution in [3.05, 3.63) is 108 Å². The highest BCUT2D eigenvalue weighted by atomic mass is 16.6. The van der Waals surface area contributed by atoms with Gasteiger partial charge in [0.15, 0.2) is 5.60 Å². The number of ether oxygens (including phenoxy) is 2. The molecule has 2 aliphatic rings. The SMILES string of the molecule is C=C/C=C(\C=C/C)C(OC(=O)C1CCCCC1)(c1ccccc1)c1ccccc1.CC(C)(C)OC(=O)C1CCCCC1. The van der Waals surface area contributed by atoms with E-state index in [1.807, 2.05) is 107 Å². The molecule has 2 aliphatic carbocycles. The lowest BCUT2D eigenvalue weighted by Gasteiger charge is -2.37. The van der Waals surface area contributed by atoms with Crippen LogP contribution in [-0.2, 0) is 24.7 Å². The molecule has 0 bridgehead atoms. The third kappa shape index (κ3) is 9.31. The number of benzene rings is 2. The number of carbonyl (C=O) groups is 2. The Labute approximate surface area is 253 Å². The number of rotatable bonds is 8. The molecule has 226 valence electrons.